The molecule has 2 aromatic rings. The quantitative estimate of drug-likeness (QED) is 0.668. The summed E-state index contributed by atoms with van der Waals surface area (Å²) in [5.41, 5.74) is 7.80. The number of hydrogen-bond acceptors (Lipinski definition) is 1. The highest BCUT2D eigenvalue weighted by molar-refractivity contribution is 5.81. The number of benzene rings is 2. The Kier molecular flexibility index (Phi) is 4.66. The second-order valence-corrected chi connectivity index (χ2v) is 6.47. The first-order valence-electron chi connectivity index (χ1n) is 8.43. The van der Waals surface area contributed by atoms with Crippen LogP contribution in [0.4, 0.5) is 5.69 Å². The van der Waals surface area contributed by atoms with E-state index in [0.29, 0.717) is 0 Å². The van der Waals surface area contributed by atoms with E-state index < -0.39 is 0 Å². The molecular formula is C22H25N. The van der Waals surface area contributed by atoms with E-state index in [9.17, 15) is 0 Å². The number of nitrogens with zero attached hydrogens (tertiary/aromatic N) is 1. The molecule has 0 aliphatic carbocycles. The van der Waals surface area contributed by atoms with Gasteiger partial charge in [0.25, 0.3) is 0 Å². The van der Waals surface area contributed by atoms with Gasteiger partial charge >= 0.3 is 0 Å². The summed E-state index contributed by atoms with van der Waals surface area (Å²) in [6.07, 6.45) is 6.99. The molecule has 0 fully saturated rings. The minimum Gasteiger partial charge on any atom is -0.341 e. The van der Waals surface area contributed by atoms with E-state index in [-0.39, 0.29) is 0 Å². The third-order valence-electron chi connectivity index (χ3n) is 4.40. The molecule has 1 nitrogen and oxygen atoms in total. The van der Waals surface area contributed by atoms with Crippen LogP contribution in [-0.2, 0) is 0 Å². The van der Waals surface area contributed by atoms with Crippen molar-refractivity contribution < 1.29 is 0 Å². The van der Waals surface area contributed by atoms with Crippen molar-refractivity contribution in [1.82, 2.24) is 0 Å². The number of anilines is 1. The van der Waals surface area contributed by atoms with Crippen LogP contribution in [0.5, 0.6) is 0 Å². The van der Waals surface area contributed by atoms with Crippen LogP contribution in [0.15, 0.2) is 66.3 Å². The fraction of sp³-hybridized carbons (Fsp3) is 0.273. The summed E-state index contributed by atoms with van der Waals surface area (Å²) >= 11 is 0. The topological polar surface area (TPSA) is 3.24 Å². The minimum absolute atomic E-state index is 1.05. The van der Waals surface area contributed by atoms with Crippen LogP contribution in [-0.4, -0.2) is 6.54 Å². The average molecular weight is 303 g/mol. The highest BCUT2D eigenvalue weighted by Crippen LogP contribution is 2.30. The van der Waals surface area contributed by atoms with Crippen molar-refractivity contribution in [1.29, 1.82) is 0 Å². The molecule has 0 saturated carbocycles. The van der Waals surface area contributed by atoms with Gasteiger partial charge in [0, 0.05) is 17.9 Å². The lowest BCUT2D eigenvalue weighted by Gasteiger charge is -2.29. The molecule has 0 atom stereocenters. The second-order valence-electron chi connectivity index (χ2n) is 6.47. The summed E-state index contributed by atoms with van der Waals surface area (Å²) in [6, 6.07) is 17.7. The molecule has 1 heterocycles. The molecule has 0 amide bonds. The maximum absolute atomic E-state index is 2.46. The van der Waals surface area contributed by atoms with Crippen molar-refractivity contribution in [2.75, 3.05) is 11.4 Å². The smallest absolute Gasteiger partial charge is 0.0486 e. The fourth-order valence-corrected chi connectivity index (χ4v) is 3.01. The summed E-state index contributed by atoms with van der Waals surface area (Å²) in [5.74, 6) is 0. The average Bonchev–Trinajstić information content (AvgIpc) is 2.53. The minimum atomic E-state index is 1.05. The van der Waals surface area contributed by atoms with Crippen LogP contribution < -0.4 is 4.90 Å². The molecule has 1 aliphatic rings. The zero-order chi connectivity index (χ0) is 16.2. The van der Waals surface area contributed by atoms with Crippen molar-refractivity contribution >= 4 is 11.4 Å². The molecule has 0 spiro atoms. The zero-order valence-corrected chi connectivity index (χ0v) is 14.3. The van der Waals surface area contributed by atoms with Crippen molar-refractivity contribution in [2.45, 2.75) is 33.6 Å². The van der Waals surface area contributed by atoms with Gasteiger partial charge in [0.2, 0.25) is 0 Å². The van der Waals surface area contributed by atoms with Gasteiger partial charge in [0.05, 0.1) is 0 Å². The van der Waals surface area contributed by atoms with E-state index >= 15 is 0 Å². The molecule has 23 heavy (non-hydrogen) atoms. The first-order chi connectivity index (χ1) is 11.1. The molecule has 2 aromatic carbocycles. The Morgan fingerprint density at radius 1 is 0.783 bits per heavy atom. The van der Waals surface area contributed by atoms with E-state index in [1.54, 1.807) is 0 Å². The fourth-order valence-electron chi connectivity index (χ4n) is 3.01. The van der Waals surface area contributed by atoms with E-state index in [2.05, 4.69) is 86.4 Å². The van der Waals surface area contributed by atoms with Crippen molar-refractivity contribution in [3.8, 4) is 0 Å². The van der Waals surface area contributed by atoms with Gasteiger partial charge in [-0.2, -0.15) is 0 Å². The van der Waals surface area contributed by atoms with Crippen molar-refractivity contribution in [3.63, 3.8) is 0 Å². The monoisotopic (exact) mass is 303 g/mol. The van der Waals surface area contributed by atoms with Crippen molar-refractivity contribution in [3.05, 3.63) is 82.9 Å². The Bertz CT molecular complexity index is 718. The van der Waals surface area contributed by atoms with Crippen LogP contribution >= 0.6 is 0 Å². The highest BCUT2D eigenvalue weighted by Gasteiger charge is 2.15. The Morgan fingerprint density at radius 3 is 2.04 bits per heavy atom. The predicted octanol–water partition coefficient (Wildman–Crippen LogP) is 5.89. The van der Waals surface area contributed by atoms with Crippen LogP contribution in [0, 0.1) is 13.8 Å². The molecule has 0 saturated heterocycles. The summed E-state index contributed by atoms with van der Waals surface area (Å²) in [6.45, 7) is 7.53. The van der Waals surface area contributed by atoms with Crippen LogP contribution in [0.3, 0.4) is 0 Å². The van der Waals surface area contributed by atoms with E-state index in [0.717, 1.165) is 13.0 Å². The number of rotatable bonds is 2. The lowest BCUT2D eigenvalue weighted by Crippen LogP contribution is -2.23. The van der Waals surface area contributed by atoms with Gasteiger partial charge in [-0.25, -0.2) is 0 Å². The molecular weight excluding hydrogens is 278 g/mol. The van der Waals surface area contributed by atoms with Crippen LogP contribution in [0.2, 0.25) is 0 Å². The highest BCUT2D eigenvalue weighted by atomic mass is 15.1. The number of hydrogen-bond donors (Lipinski definition) is 0. The van der Waals surface area contributed by atoms with Gasteiger partial charge < -0.3 is 4.90 Å². The first kappa shape index (κ1) is 15.6. The number of allylic oxidation sites excluding steroid dienone is 3. The molecule has 1 aliphatic heterocycles. The van der Waals surface area contributed by atoms with E-state index in [1.807, 2.05) is 0 Å². The third-order valence-corrected chi connectivity index (χ3v) is 4.40. The lowest BCUT2D eigenvalue weighted by molar-refractivity contribution is 0.820. The zero-order valence-electron chi connectivity index (χ0n) is 14.3. The Morgan fingerprint density at radius 2 is 1.39 bits per heavy atom. The molecule has 3 rings (SSSR count). The predicted molar refractivity (Wildman–Crippen MR) is 101 cm³/mol. The van der Waals surface area contributed by atoms with Crippen molar-refractivity contribution in [2.24, 2.45) is 0 Å². The Balaban J connectivity index is 2.07. The standard InChI is InChI=1S/C22H25N/c1-17-7-11-20(12-8-17)22-16-19(3)6-4-5-15-23(22)21-13-9-18(2)10-14-21/h6-14,16H,4-5,15H2,1-3H3. The molecule has 0 unspecified atom stereocenters. The SMILES string of the molecule is CC1=CCCCN(c2ccc(C)cc2)C(c2ccc(C)cc2)=C1. The Hall–Kier alpha value is -2.28. The van der Waals surface area contributed by atoms with Gasteiger partial charge in [-0.1, -0.05) is 59.2 Å². The van der Waals surface area contributed by atoms with Gasteiger partial charge in [0.15, 0.2) is 0 Å². The van der Waals surface area contributed by atoms with Gasteiger partial charge in [-0.3, -0.25) is 0 Å². The van der Waals surface area contributed by atoms with Gasteiger partial charge in [-0.05, 0) is 57.4 Å². The van der Waals surface area contributed by atoms with Crippen LogP contribution in [0.25, 0.3) is 5.70 Å². The largest absolute Gasteiger partial charge is 0.341 e. The molecule has 1 heteroatoms. The summed E-state index contributed by atoms with van der Waals surface area (Å²) < 4.78 is 0. The van der Waals surface area contributed by atoms with Crippen LogP contribution in [0.1, 0.15) is 36.5 Å². The molecule has 0 bridgehead atoms. The maximum Gasteiger partial charge on any atom is 0.0486 e. The van der Waals surface area contributed by atoms with E-state index in [1.165, 1.54) is 40.1 Å². The number of aryl methyl sites for hydroxylation is 2. The molecule has 118 valence electrons. The molecule has 0 radical (unpaired) electrons. The second kappa shape index (κ2) is 6.87. The summed E-state index contributed by atoms with van der Waals surface area (Å²) in [5, 5.41) is 0. The lowest BCUT2D eigenvalue weighted by atomic mass is 10.0. The summed E-state index contributed by atoms with van der Waals surface area (Å²) in [7, 11) is 0. The molecule has 0 aromatic heterocycles. The maximum atomic E-state index is 2.46. The van der Waals surface area contributed by atoms with Gasteiger partial charge in [0.1, 0.15) is 0 Å². The van der Waals surface area contributed by atoms with Gasteiger partial charge in [-0.15, -0.1) is 0 Å². The van der Waals surface area contributed by atoms with E-state index in [4.69, 9.17) is 0 Å². The molecule has 0 N–H and O–H groups in total. The Labute approximate surface area is 140 Å². The normalized spacial score (nSPS) is 15.5. The first-order valence-corrected chi connectivity index (χ1v) is 8.43. The third kappa shape index (κ3) is 3.73. The summed E-state index contributed by atoms with van der Waals surface area (Å²) in [4.78, 5) is 2.46.